The van der Waals surface area contributed by atoms with Crippen LogP contribution in [0.2, 0.25) is 0 Å². The second-order valence-corrected chi connectivity index (χ2v) is 8.28. The van der Waals surface area contributed by atoms with Gasteiger partial charge in [0.15, 0.2) is 0 Å². The molecule has 6 nitrogen and oxygen atoms in total. The number of carbonyl (C=O) groups excluding carboxylic acids is 1. The molecule has 2 heterocycles. The van der Waals surface area contributed by atoms with E-state index in [1.165, 1.54) is 27.3 Å². The molecule has 1 N–H and O–H groups in total. The van der Waals surface area contributed by atoms with E-state index in [-0.39, 0.29) is 23.8 Å². The highest BCUT2D eigenvalue weighted by molar-refractivity contribution is 7.19. The summed E-state index contributed by atoms with van der Waals surface area (Å²) in [4.78, 5) is 39.5. The summed E-state index contributed by atoms with van der Waals surface area (Å²) < 4.78 is 15.6. The molecule has 8 heteroatoms. The highest BCUT2D eigenvalue weighted by Gasteiger charge is 2.20. The SMILES string of the molecule is Cc1c(=O)n(C(C)c2ccccc2)c(=O)n2cc(C(=O)NCc3ccc(F)cc3)sc12. The Labute approximate surface area is 181 Å². The molecule has 0 bridgehead atoms. The summed E-state index contributed by atoms with van der Waals surface area (Å²) >= 11 is 1.09. The summed E-state index contributed by atoms with van der Waals surface area (Å²) in [6.45, 7) is 3.67. The van der Waals surface area contributed by atoms with E-state index in [9.17, 15) is 18.8 Å². The third kappa shape index (κ3) is 3.94. The molecule has 0 spiro atoms. The molecule has 4 aromatic rings. The lowest BCUT2D eigenvalue weighted by atomic mass is 10.1. The Morgan fingerprint density at radius 2 is 1.77 bits per heavy atom. The Morgan fingerprint density at radius 1 is 1.10 bits per heavy atom. The molecule has 0 radical (unpaired) electrons. The number of hydrogen-bond donors (Lipinski definition) is 1. The van der Waals surface area contributed by atoms with Gasteiger partial charge < -0.3 is 5.32 Å². The van der Waals surface area contributed by atoms with Crippen LogP contribution < -0.4 is 16.6 Å². The third-order valence-corrected chi connectivity index (χ3v) is 6.41. The molecule has 0 aliphatic carbocycles. The molecule has 0 saturated carbocycles. The predicted molar refractivity (Wildman–Crippen MR) is 118 cm³/mol. The van der Waals surface area contributed by atoms with Crippen molar-refractivity contribution in [1.82, 2.24) is 14.3 Å². The van der Waals surface area contributed by atoms with E-state index >= 15 is 0 Å². The number of rotatable bonds is 5. The highest BCUT2D eigenvalue weighted by Crippen LogP contribution is 2.20. The van der Waals surface area contributed by atoms with Crippen LogP contribution in [-0.2, 0) is 6.54 Å². The topological polar surface area (TPSA) is 72.6 Å². The van der Waals surface area contributed by atoms with Crippen molar-refractivity contribution in [2.24, 2.45) is 0 Å². The molecule has 31 heavy (non-hydrogen) atoms. The molecule has 0 saturated heterocycles. The average Bonchev–Trinajstić information content (AvgIpc) is 3.24. The maximum Gasteiger partial charge on any atom is 0.336 e. The van der Waals surface area contributed by atoms with Crippen LogP contribution in [0.4, 0.5) is 4.39 Å². The van der Waals surface area contributed by atoms with Crippen LogP contribution in [0.25, 0.3) is 4.83 Å². The number of thiazole rings is 1. The zero-order valence-corrected chi connectivity index (χ0v) is 17.8. The number of halogens is 1. The van der Waals surface area contributed by atoms with Crippen LogP contribution in [0.1, 0.15) is 39.3 Å². The molecular formula is C23H20FN3O3S. The molecule has 1 atom stereocenters. The van der Waals surface area contributed by atoms with Crippen molar-refractivity contribution >= 4 is 22.1 Å². The van der Waals surface area contributed by atoms with E-state index in [0.717, 1.165) is 22.5 Å². The number of amides is 1. The van der Waals surface area contributed by atoms with E-state index in [1.54, 1.807) is 26.0 Å². The van der Waals surface area contributed by atoms with Gasteiger partial charge in [0, 0.05) is 18.3 Å². The van der Waals surface area contributed by atoms with Crippen molar-refractivity contribution in [1.29, 1.82) is 0 Å². The van der Waals surface area contributed by atoms with Crippen molar-refractivity contribution in [2.75, 3.05) is 0 Å². The summed E-state index contributed by atoms with van der Waals surface area (Å²) in [5.41, 5.74) is 1.14. The van der Waals surface area contributed by atoms with Gasteiger partial charge in [-0.1, -0.05) is 42.5 Å². The molecule has 4 rings (SSSR count). The fourth-order valence-corrected chi connectivity index (χ4v) is 4.43. The van der Waals surface area contributed by atoms with E-state index in [0.29, 0.717) is 15.3 Å². The summed E-state index contributed by atoms with van der Waals surface area (Å²) in [6.07, 6.45) is 1.46. The first kappa shape index (κ1) is 20.7. The average molecular weight is 437 g/mol. The molecule has 0 aliphatic rings. The first-order valence-electron chi connectivity index (χ1n) is 9.71. The lowest BCUT2D eigenvalue weighted by Gasteiger charge is -2.15. The van der Waals surface area contributed by atoms with E-state index in [1.807, 2.05) is 30.3 Å². The van der Waals surface area contributed by atoms with Crippen molar-refractivity contribution in [3.63, 3.8) is 0 Å². The van der Waals surface area contributed by atoms with Crippen LogP contribution >= 0.6 is 11.3 Å². The number of benzene rings is 2. The van der Waals surface area contributed by atoms with E-state index < -0.39 is 11.7 Å². The maximum atomic E-state index is 13.1. The van der Waals surface area contributed by atoms with Crippen molar-refractivity contribution in [3.8, 4) is 0 Å². The van der Waals surface area contributed by atoms with Gasteiger partial charge in [0.05, 0.1) is 6.04 Å². The van der Waals surface area contributed by atoms with Crippen LogP contribution in [0.15, 0.2) is 70.4 Å². The molecule has 2 aromatic carbocycles. The fraction of sp³-hybridized carbons (Fsp3) is 0.174. The van der Waals surface area contributed by atoms with Gasteiger partial charge in [-0.2, -0.15) is 0 Å². The van der Waals surface area contributed by atoms with Gasteiger partial charge in [0.25, 0.3) is 11.5 Å². The van der Waals surface area contributed by atoms with Gasteiger partial charge in [0.2, 0.25) is 0 Å². The molecule has 1 unspecified atom stereocenters. The molecule has 0 fully saturated rings. The molecule has 1 amide bonds. The van der Waals surface area contributed by atoms with Gasteiger partial charge in [0.1, 0.15) is 15.5 Å². The Balaban J connectivity index is 1.69. The number of aryl methyl sites for hydroxylation is 1. The van der Waals surface area contributed by atoms with Crippen molar-refractivity contribution in [2.45, 2.75) is 26.4 Å². The number of aromatic nitrogens is 2. The first-order chi connectivity index (χ1) is 14.9. The highest BCUT2D eigenvalue weighted by atomic mass is 32.1. The summed E-state index contributed by atoms with van der Waals surface area (Å²) in [5, 5.41) is 2.76. The summed E-state index contributed by atoms with van der Waals surface area (Å²) in [6, 6.07) is 14.7. The number of nitrogens with zero attached hydrogens (tertiary/aromatic N) is 2. The fourth-order valence-electron chi connectivity index (χ4n) is 3.43. The quantitative estimate of drug-likeness (QED) is 0.519. The number of carbonyl (C=O) groups is 1. The lowest BCUT2D eigenvalue weighted by Crippen LogP contribution is -2.40. The van der Waals surface area contributed by atoms with Crippen molar-refractivity contribution in [3.05, 3.63) is 109 Å². The summed E-state index contributed by atoms with van der Waals surface area (Å²) in [5.74, 6) is -0.715. The lowest BCUT2D eigenvalue weighted by molar-refractivity contribution is 0.0954. The monoisotopic (exact) mass is 437 g/mol. The van der Waals surface area contributed by atoms with Gasteiger partial charge in [-0.3, -0.25) is 18.6 Å². The number of hydrogen-bond acceptors (Lipinski definition) is 4. The molecular weight excluding hydrogens is 417 g/mol. The standard InChI is InChI=1S/C23H20FN3O3S/c1-14-21(29)27(15(2)17-6-4-3-5-7-17)23(30)26-13-19(31-22(14)26)20(28)25-12-16-8-10-18(24)11-9-16/h3-11,13,15H,12H2,1-2H3,(H,25,28). The van der Waals surface area contributed by atoms with Crippen LogP contribution in [0.5, 0.6) is 0 Å². The minimum absolute atomic E-state index is 0.221. The third-order valence-electron chi connectivity index (χ3n) is 5.20. The molecule has 0 aliphatic heterocycles. The van der Waals surface area contributed by atoms with Crippen LogP contribution in [-0.4, -0.2) is 14.9 Å². The van der Waals surface area contributed by atoms with Crippen LogP contribution in [0, 0.1) is 12.7 Å². The smallest absolute Gasteiger partial charge is 0.336 e. The Bertz CT molecular complexity index is 1370. The zero-order valence-electron chi connectivity index (χ0n) is 17.0. The molecule has 2 aromatic heterocycles. The van der Waals surface area contributed by atoms with E-state index in [2.05, 4.69) is 5.32 Å². The maximum absolute atomic E-state index is 13.1. The Morgan fingerprint density at radius 3 is 2.45 bits per heavy atom. The Kier molecular flexibility index (Phi) is 5.56. The largest absolute Gasteiger partial charge is 0.347 e. The minimum Gasteiger partial charge on any atom is -0.347 e. The number of fused-ring (bicyclic) bond motifs is 1. The van der Waals surface area contributed by atoms with Gasteiger partial charge in [-0.15, -0.1) is 11.3 Å². The van der Waals surface area contributed by atoms with Gasteiger partial charge >= 0.3 is 5.69 Å². The first-order valence-corrected chi connectivity index (χ1v) is 10.5. The normalized spacial score (nSPS) is 12.1. The zero-order chi connectivity index (χ0) is 22.1. The van der Waals surface area contributed by atoms with Gasteiger partial charge in [-0.05, 0) is 37.1 Å². The Hall–Kier alpha value is -3.52. The summed E-state index contributed by atoms with van der Waals surface area (Å²) in [7, 11) is 0. The van der Waals surface area contributed by atoms with Gasteiger partial charge in [-0.25, -0.2) is 9.18 Å². The van der Waals surface area contributed by atoms with E-state index in [4.69, 9.17) is 0 Å². The molecule has 158 valence electrons. The van der Waals surface area contributed by atoms with Crippen LogP contribution in [0.3, 0.4) is 0 Å². The minimum atomic E-state index is -0.490. The second kappa shape index (κ2) is 8.31. The number of nitrogens with one attached hydrogen (secondary N) is 1. The van der Waals surface area contributed by atoms with Crippen molar-refractivity contribution < 1.29 is 9.18 Å². The predicted octanol–water partition coefficient (Wildman–Crippen LogP) is 3.51. The second-order valence-electron chi connectivity index (χ2n) is 7.25.